The Labute approximate surface area is 408 Å². The summed E-state index contributed by atoms with van der Waals surface area (Å²) in [5.41, 5.74) is 0. The van der Waals surface area contributed by atoms with Crippen molar-refractivity contribution in [2.75, 3.05) is 13.2 Å². The number of carbonyl (C=O) groups is 3. The Hall–Kier alpha value is -3.15. The maximum atomic E-state index is 12.8. The van der Waals surface area contributed by atoms with Crippen LogP contribution in [0.4, 0.5) is 0 Å². The lowest BCUT2D eigenvalue weighted by Gasteiger charge is -2.18. The van der Waals surface area contributed by atoms with Crippen LogP contribution in [0.3, 0.4) is 0 Å². The molecule has 0 bridgehead atoms. The first-order valence-electron chi connectivity index (χ1n) is 27.9. The van der Waals surface area contributed by atoms with Crippen molar-refractivity contribution in [3.8, 4) is 0 Å². The van der Waals surface area contributed by atoms with E-state index in [1.807, 2.05) is 0 Å². The zero-order valence-electron chi connectivity index (χ0n) is 43.4. The highest BCUT2D eigenvalue weighted by molar-refractivity contribution is 5.71. The predicted molar refractivity (Wildman–Crippen MR) is 284 cm³/mol. The Morgan fingerprint density at radius 2 is 0.621 bits per heavy atom. The van der Waals surface area contributed by atoms with Crippen LogP contribution in [0.2, 0.25) is 0 Å². The van der Waals surface area contributed by atoms with Gasteiger partial charge in [0.2, 0.25) is 0 Å². The molecule has 0 radical (unpaired) electrons. The van der Waals surface area contributed by atoms with Crippen LogP contribution < -0.4 is 0 Å². The van der Waals surface area contributed by atoms with Gasteiger partial charge in [0.25, 0.3) is 0 Å². The molecule has 380 valence electrons. The average molecular weight is 921 g/mol. The summed E-state index contributed by atoms with van der Waals surface area (Å²) in [6.07, 6.45) is 69.0. The van der Waals surface area contributed by atoms with Crippen molar-refractivity contribution < 1.29 is 28.6 Å². The number of hydrogen-bond acceptors (Lipinski definition) is 6. The molecule has 0 aromatic rings. The van der Waals surface area contributed by atoms with Crippen LogP contribution in [0.5, 0.6) is 0 Å². The zero-order chi connectivity index (χ0) is 47.9. The van der Waals surface area contributed by atoms with Crippen molar-refractivity contribution in [2.24, 2.45) is 0 Å². The largest absolute Gasteiger partial charge is 0.462 e. The van der Waals surface area contributed by atoms with Gasteiger partial charge in [0.15, 0.2) is 6.10 Å². The van der Waals surface area contributed by atoms with Crippen LogP contribution in [-0.2, 0) is 28.6 Å². The van der Waals surface area contributed by atoms with Crippen molar-refractivity contribution in [1.82, 2.24) is 0 Å². The summed E-state index contributed by atoms with van der Waals surface area (Å²) in [6, 6.07) is 0. The minimum Gasteiger partial charge on any atom is -0.462 e. The summed E-state index contributed by atoms with van der Waals surface area (Å²) in [6.45, 7) is 6.45. The minimum absolute atomic E-state index is 0.0792. The fraction of sp³-hybridized carbons (Fsp3) is 0.750. The molecular weight excluding hydrogens is 817 g/mol. The van der Waals surface area contributed by atoms with E-state index in [0.29, 0.717) is 19.3 Å². The molecule has 66 heavy (non-hydrogen) atoms. The summed E-state index contributed by atoms with van der Waals surface area (Å²) in [5, 5.41) is 0. The molecule has 0 aromatic carbocycles. The predicted octanol–water partition coefficient (Wildman–Crippen LogP) is 18.6. The minimum atomic E-state index is -0.780. The Bertz CT molecular complexity index is 1240. The highest BCUT2D eigenvalue weighted by Gasteiger charge is 2.19. The van der Waals surface area contributed by atoms with E-state index in [1.165, 1.54) is 116 Å². The van der Waals surface area contributed by atoms with E-state index >= 15 is 0 Å². The Morgan fingerprint density at radius 3 is 0.985 bits per heavy atom. The third-order valence-corrected chi connectivity index (χ3v) is 11.9. The molecule has 0 heterocycles. The Balaban J connectivity index is 4.22. The Morgan fingerprint density at radius 1 is 0.318 bits per heavy atom. The first kappa shape index (κ1) is 62.8. The summed E-state index contributed by atoms with van der Waals surface area (Å²) in [5.74, 6) is -0.891. The number of hydrogen-bond donors (Lipinski definition) is 0. The van der Waals surface area contributed by atoms with Crippen LogP contribution in [0.1, 0.15) is 271 Å². The molecule has 6 nitrogen and oxygen atoms in total. The summed E-state index contributed by atoms with van der Waals surface area (Å²) in [7, 11) is 0. The molecule has 0 N–H and O–H groups in total. The van der Waals surface area contributed by atoms with E-state index < -0.39 is 6.10 Å². The molecule has 1 unspecified atom stereocenters. The SMILES string of the molecule is CC/C=C\C/C=C\C/C=C\C/C=C\CCCCCCCCCCCCCCC(=O)OCC(COC(=O)CCCCCCCCCCCC)OC(=O)CCCCCCC/C=C\C/C=C\CCC. The number of esters is 3. The topological polar surface area (TPSA) is 78.9 Å². The summed E-state index contributed by atoms with van der Waals surface area (Å²) < 4.78 is 16.8. The fourth-order valence-electron chi connectivity index (χ4n) is 7.77. The van der Waals surface area contributed by atoms with Gasteiger partial charge >= 0.3 is 17.9 Å². The maximum Gasteiger partial charge on any atom is 0.306 e. The molecule has 1 atom stereocenters. The van der Waals surface area contributed by atoms with E-state index in [1.54, 1.807) is 0 Å². The molecule has 0 amide bonds. The van der Waals surface area contributed by atoms with Gasteiger partial charge in [-0.25, -0.2) is 0 Å². The van der Waals surface area contributed by atoms with Crippen molar-refractivity contribution in [3.05, 3.63) is 72.9 Å². The van der Waals surface area contributed by atoms with Crippen molar-refractivity contribution >= 4 is 17.9 Å². The summed E-state index contributed by atoms with van der Waals surface area (Å²) in [4.78, 5) is 38.0. The fourth-order valence-corrected chi connectivity index (χ4v) is 7.77. The van der Waals surface area contributed by atoms with Gasteiger partial charge in [0.05, 0.1) is 0 Å². The molecular formula is C60H104O6. The number of unbranched alkanes of at least 4 members (excludes halogenated alkanes) is 27. The van der Waals surface area contributed by atoms with E-state index in [4.69, 9.17) is 14.2 Å². The van der Waals surface area contributed by atoms with Crippen LogP contribution >= 0.6 is 0 Å². The van der Waals surface area contributed by atoms with Gasteiger partial charge in [-0.3, -0.25) is 14.4 Å². The zero-order valence-corrected chi connectivity index (χ0v) is 43.4. The van der Waals surface area contributed by atoms with Gasteiger partial charge in [0.1, 0.15) is 13.2 Å². The van der Waals surface area contributed by atoms with Gasteiger partial charge in [-0.05, 0) is 83.5 Å². The molecule has 0 saturated carbocycles. The van der Waals surface area contributed by atoms with Gasteiger partial charge in [0, 0.05) is 19.3 Å². The average Bonchev–Trinajstić information content (AvgIpc) is 3.31. The van der Waals surface area contributed by atoms with Gasteiger partial charge in [-0.15, -0.1) is 0 Å². The third-order valence-electron chi connectivity index (χ3n) is 11.9. The molecule has 0 spiro atoms. The molecule has 0 aliphatic rings. The highest BCUT2D eigenvalue weighted by atomic mass is 16.6. The third kappa shape index (κ3) is 51.8. The number of ether oxygens (including phenoxy) is 3. The lowest BCUT2D eigenvalue weighted by Crippen LogP contribution is -2.30. The molecule has 0 aliphatic heterocycles. The van der Waals surface area contributed by atoms with Crippen molar-refractivity contribution in [2.45, 2.75) is 277 Å². The van der Waals surface area contributed by atoms with Crippen LogP contribution in [-0.4, -0.2) is 37.2 Å². The molecule has 6 heteroatoms. The Kier molecular flexibility index (Phi) is 51.9. The second-order valence-corrected chi connectivity index (χ2v) is 18.5. The number of allylic oxidation sites excluding steroid dienone is 12. The quantitative estimate of drug-likeness (QED) is 0.0262. The van der Waals surface area contributed by atoms with E-state index in [9.17, 15) is 14.4 Å². The van der Waals surface area contributed by atoms with Gasteiger partial charge in [-0.1, -0.05) is 241 Å². The molecule has 0 rings (SSSR count). The molecule has 0 aliphatic carbocycles. The number of carbonyl (C=O) groups excluding carboxylic acids is 3. The molecule has 0 aromatic heterocycles. The second-order valence-electron chi connectivity index (χ2n) is 18.5. The van der Waals surface area contributed by atoms with Crippen molar-refractivity contribution in [1.29, 1.82) is 0 Å². The van der Waals surface area contributed by atoms with Crippen LogP contribution in [0.25, 0.3) is 0 Å². The smallest absolute Gasteiger partial charge is 0.306 e. The van der Waals surface area contributed by atoms with Crippen LogP contribution in [0.15, 0.2) is 72.9 Å². The highest BCUT2D eigenvalue weighted by Crippen LogP contribution is 2.16. The molecule has 0 fully saturated rings. The van der Waals surface area contributed by atoms with Gasteiger partial charge < -0.3 is 14.2 Å². The van der Waals surface area contributed by atoms with Gasteiger partial charge in [-0.2, -0.15) is 0 Å². The summed E-state index contributed by atoms with van der Waals surface area (Å²) >= 11 is 0. The van der Waals surface area contributed by atoms with Crippen molar-refractivity contribution in [3.63, 3.8) is 0 Å². The van der Waals surface area contributed by atoms with E-state index in [-0.39, 0.29) is 31.1 Å². The van der Waals surface area contributed by atoms with Crippen LogP contribution in [0, 0.1) is 0 Å². The lowest BCUT2D eigenvalue weighted by atomic mass is 10.0. The maximum absolute atomic E-state index is 12.8. The standard InChI is InChI=1S/C60H104O6/c1-4-7-10-13-16-19-22-24-25-26-27-28-29-30-31-32-33-34-35-37-38-41-44-47-50-53-59(62)65-56-57(55-64-58(61)52-49-46-43-40-21-18-15-12-9-6-3)66-60(63)54-51-48-45-42-39-36-23-20-17-14-11-8-5-2/h7,10-11,14,16,19-20,23-25,27-28,57H,4-6,8-9,12-13,15,17-18,21-22,26,29-56H2,1-3H3/b10-7-,14-11-,19-16-,23-20-,25-24-,28-27-. The lowest BCUT2D eigenvalue weighted by molar-refractivity contribution is -0.167. The molecule has 0 saturated heterocycles. The first-order chi connectivity index (χ1) is 32.5. The first-order valence-corrected chi connectivity index (χ1v) is 27.9. The monoisotopic (exact) mass is 921 g/mol. The van der Waals surface area contributed by atoms with E-state index in [2.05, 4.69) is 93.7 Å². The second kappa shape index (κ2) is 54.5. The van der Waals surface area contributed by atoms with E-state index in [0.717, 1.165) is 116 Å². The normalized spacial score (nSPS) is 12.6. The number of rotatable bonds is 50.